The zero-order valence-corrected chi connectivity index (χ0v) is 14.0. The molecule has 0 aromatic heterocycles. The number of rotatable bonds is 2. The second-order valence-electron chi connectivity index (χ2n) is 5.34. The van der Waals surface area contributed by atoms with Gasteiger partial charge < -0.3 is 10.2 Å². The van der Waals surface area contributed by atoms with E-state index in [0.717, 1.165) is 17.7 Å². The molecule has 2 aromatic rings. The predicted octanol–water partition coefficient (Wildman–Crippen LogP) is 3.75. The summed E-state index contributed by atoms with van der Waals surface area (Å²) in [5, 5.41) is 2.80. The van der Waals surface area contributed by atoms with Crippen molar-refractivity contribution in [3.05, 3.63) is 57.8 Å². The van der Waals surface area contributed by atoms with Crippen LogP contribution in [-0.4, -0.2) is 18.4 Å². The first-order valence-electron chi connectivity index (χ1n) is 7.13. The molecule has 0 aliphatic carbocycles. The molecule has 0 unspecified atom stereocenters. The average Bonchev–Trinajstić information content (AvgIpc) is 2.90. The summed E-state index contributed by atoms with van der Waals surface area (Å²) in [7, 11) is 0. The van der Waals surface area contributed by atoms with Crippen molar-refractivity contribution < 1.29 is 14.0 Å². The van der Waals surface area contributed by atoms with E-state index in [1.807, 2.05) is 12.1 Å². The van der Waals surface area contributed by atoms with Gasteiger partial charge in [-0.2, -0.15) is 0 Å². The molecule has 2 aromatic carbocycles. The molecule has 1 aliphatic rings. The molecule has 23 heavy (non-hydrogen) atoms. The molecule has 1 aliphatic heterocycles. The summed E-state index contributed by atoms with van der Waals surface area (Å²) < 4.78 is 13.5. The Hall–Kier alpha value is -2.21. The summed E-state index contributed by atoms with van der Waals surface area (Å²) in [4.78, 5) is 25.6. The number of benzene rings is 2. The monoisotopic (exact) mass is 376 g/mol. The van der Waals surface area contributed by atoms with Crippen molar-refractivity contribution in [2.24, 2.45) is 0 Å². The van der Waals surface area contributed by atoms with Gasteiger partial charge in [-0.05, 0) is 64.3 Å². The van der Waals surface area contributed by atoms with Crippen LogP contribution in [0.25, 0.3) is 0 Å². The van der Waals surface area contributed by atoms with Crippen LogP contribution in [-0.2, 0) is 11.2 Å². The van der Waals surface area contributed by atoms with E-state index in [1.165, 1.54) is 25.1 Å². The van der Waals surface area contributed by atoms with Crippen molar-refractivity contribution >= 4 is 39.1 Å². The second kappa shape index (κ2) is 6.12. The third-order valence-corrected chi connectivity index (χ3v) is 4.44. The SMILES string of the molecule is CC(=O)N1CCc2cc(NC(=O)c3ccc(F)cc3Br)ccc21. The number of carbonyl (C=O) groups excluding carboxylic acids is 2. The van der Waals surface area contributed by atoms with E-state index in [1.54, 1.807) is 11.0 Å². The number of anilines is 2. The minimum absolute atomic E-state index is 0.00998. The number of nitrogens with zero attached hydrogens (tertiary/aromatic N) is 1. The fraction of sp³-hybridized carbons (Fsp3) is 0.176. The number of halogens is 2. The standard InChI is InChI=1S/C17H14BrFN2O2/c1-10(22)21-7-6-11-8-13(3-5-16(11)21)20-17(23)14-4-2-12(19)9-15(14)18/h2-5,8-9H,6-7H2,1H3,(H,20,23). The van der Waals surface area contributed by atoms with E-state index in [4.69, 9.17) is 0 Å². The maximum absolute atomic E-state index is 13.1. The van der Waals surface area contributed by atoms with Crippen molar-refractivity contribution in [1.29, 1.82) is 0 Å². The van der Waals surface area contributed by atoms with Gasteiger partial charge in [0.15, 0.2) is 0 Å². The van der Waals surface area contributed by atoms with Crippen LogP contribution in [0.3, 0.4) is 0 Å². The molecule has 118 valence electrons. The van der Waals surface area contributed by atoms with Crippen molar-refractivity contribution in [3.8, 4) is 0 Å². The van der Waals surface area contributed by atoms with Crippen molar-refractivity contribution in [2.45, 2.75) is 13.3 Å². The highest BCUT2D eigenvalue weighted by molar-refractivity contribution is 9.10. The van der Waals surface area contributed by atoms with Crippen LogP contribution < -0.4 is 10.2 Å². The van der Waals surface area contributed by atoms with Gasteiger partial charge in [0.05, 0.1) is 5.56 Å². The van der Waals surface area contributed by atoms with E-state index in [0.29, 0.717) is 22.3 Å². The minimum atomic E-state index is -0.407. The lowest BCUT2D eigenvalue weighted by atomic mass is 10.1. The fourth-order valence-corrected chi connectivity index (χ4v) is 3.21. The van der Waals surface area contributed by atoms with Gasteiger partial charge in [0.1, 0.15) is 5.82 Å². The van der Waals surface area contributed by atoms with Crippen LogP contribution in [0.5, 0.6) is 0 Å². The number of fused-ring (bicyclic) bond motifs is 1. The third-order valence-electron chi connectivity index (χ3n) is 3.79. The van der Waals surface area contributed by atoms with Gasteiger partial charge in [-0.15, -0.1) is 0 Å². The molecule has 3 rings (SSSR count). The largest absolute Gasteiger partial charge is 0.322 e. The van der Waals surface area contributed by atoms with E-state index in [9.17, 15) is 14.0 Å². The summed E-state index contributed by atoms with van der Waals surface area (Å²) >= 11 is 3.19. The lowest BCUT2D eigenvalue weighted by molar-refractivity contribution is -0.116. The summed E-state index contributed by atoms with van der Waals surface area (Å²) in [5.41, 5.74) is 2.92. The van der Waals surface area contributed by atoms with Gasteiger partial charge in [0.2, 0.25) is 5.91 Å². The maximum atomic E-state index is 13.1. The summed E-state index contributed by atoms with van der Waals surface area (Å²) in [6.07, 6.45) is 0.763. The average molecular weight is 377 g/mol. The van der Waals surface area contributed by atoms with E-state index in [-0.39, 0.29) is 11.8 Å². The second-order valence-corrected chi connectivity index (χ2v) is 6.20. The van der Waals surface area contributed by atoms with E-state index >= 15 is 0 Å². The maximum Gasteiger partial charge on any atom is 0.256 e. The van der Waals surface area contributed by atoms with Crippen LogP contribution >= 0.6 is 15.9 Å². The number of carbonyl (C=O) groups is 2. The molecule has 2 amide bonds. The first kappa shape index (κ1) is 15.7. The molecule has 0 fully saturated rings. The highest BCUT2D eigenvalue weighted by Gasteiger charge is 2.22. The van der Waals surface area contributed by atoms with Gasteiger partial charge in [-0.3, -0.25) is 9.59 Å². The number of nitrogens with one attached hydrogen (secondary N) is 1. The lowest BCUT2D eigenvalue weighted by Gasteiger charge is -2.15. The van der Waals surface area contributed by atoms with Crippen LogP contribution in [0.4, 0.5) is 15.8 Å². The molecule has 0 spiro atoms. The molecule has 0 saturated heterocycles. The molecular weight excluding hydrogens is 363 g/mol. The van der Waals surface area contributed by atoms with Gasteiger partial charge >= 0.3 is 0 Å². The van der Waals surface area contributed by atoms with Gasteiger partial charge in [-0.1, -0.05) is 0 Å². The quantitative estimate of drug-likeness (QED) is 0.867. The molecule has 0 atom stereocenters. The number of hydrogen-bond acceptors (Lipinski definition) is 2. The van der Waals surface area contributed by atoms with Gasteiger partial charge in [0.25, 0.3) is 5.91 Å². The number of amides is 2. The first-order valence-corrected chi connectivity index (χ1v) is 7.92. The Morgan fingerprint density at radius 3 is 2.70 bits per heavy atom. The fourth-order valence-electron chi connectivity index (χ4n) is 2.68. The van der Waals surface area contributed by atoms with Crippen LogP contribution in [0, 0.1) is 5.82 Å². The Bertz CT molecular complexity index is 807. The highest BCUT2D eigenvalue weighted by Crippen LogP contribution is 2.31. The Balaban J connectivity index is 1.81. The van der Waals surface area contributed by atoms with Crippen molar-refractivity contribution in [3.63, 3.8) is 0 Å². The smallest absolute Gasteiger partial charge is 0.256 e. The van der Waals surface area contributed by atoms with Crippen LogP contribution in [0.1, 0.15) is 22.8 Å². The third kappa shape index (κ3) is 3.12. The number of hydrogen-bond donors (Lipinski definition) is 1. The topological polar surface area (TPSA) is 49.4 Å². The zero-order chi connectivity index (χ0) is 16.6. The zero-order valence-electron chi connectivity index (χ0n) is 12.4. The van der Waals surface area contributed by atoms with E-state index in [2.05, 4.69) is 21.2 Å². The molecule has 1 N–H and O–H groups in total. The normalized spacial score (nSPS) is 12.9. The summed E-state index contributed by atoms with van der Waals surface area (Å²) in [6.45, 7) is 2.20. The van der Waals surface area contributed by atoms with Crippen molar-refractivity contribution in [2.75, 3.05) is 16.8 Å². The molecule has 1 heterocycles. The summed E-state index contributed by atoms with van der Waals surface area (Å²) in [6, 6.07) is 9.39. The van der Waals surface area contributed by atoms with Crippen molar-refractivity contribution in [1.82, 2.24) is 0 Å². The molecule has 0 radical (unpaired) electrons. The molecule has 0 saturated carbocycles. The Morgan fingerprint density at radius 1 is 1.22 bits per heavy atom. The minimum Gasteiger partial charge on any atom is -0.322 e. The Morgan fingerprint density at radius 2 is 2.00 bits per heavy atom. The van der Waals surface area contributed by atoms with Crippen LogP contribution in [0.2, 0.25) is 0 Å². The Labute approximate surface area is 141 Å². The molecule has 6 heteroatoms. The van der Waals surface area contributed by atoms with Gasteiger partial charge in [0, 0.05) is 29.3 Å². The highest BCUT2D eigenvalue weighted by atomic mass is 79.9. The summed E-state index contributed by atoms with van der Waals surface area (Å²) in [5.74, 6) is -0.718. The van der Waals surface area contributed by atoms with E-state index < -0.39 is 5.82 Å². The van der Waals surface area contributed by atoms with Crippen LogP contribution in [0.15, 0.2) is 40.9 Å². The molecular formula is C17H14BrFN2O2. The van der Waals surface area contributed by atoms with Gasteiger partial charge in [-0.25, -0.2) is 4.39 Å². The lowest BCUT2D eigenvalue weighted by Crippen LogP contribution is -2.25. The first-order chi connectivity index (χ1) is 11.0. The molecule has 4 nitrogen and oxygen atoms in total. The Kier molecular flexibility index (Phi) is 4.17. The molecule has 0 bridgehead atoms. The predicted molar refractivity (Wildman–Crippen MR) is 90.2 cm³/mol.